The van der Waals surface area contributed by atoms with Crippen LogP contribution in [0.4, 0.5) is 0 Å². The van der Waals surface area contributed by atoms with E-state index in [-0.39, 0.29) is 23.6 Å². The summed E-state index contributed by atoms with van der Waals surface area (Å²) in [5.41, 5.74) is 2.42. The van der Waals surface area contributed by atoms with Gasteiger partial charge in [-0.1, -0.05) is 80.6 Å². The largest absolute Gasteiger partial charge is 0.315 e. The van der Waals surface area contributed by atoms with Gasteiger partial charge in [0, 0.05) is 59.2 Å². The molecule has 2 N–H and O–H groups in total. The first-order chi connectivity index (χ1) is 22.1. The number of benzene rings is 4. The molecule has 0 aliphatic carbocycles. The normalized spacial score (nSPS) is 14.3. The van der Waals surface area contributed by atoms with Gasteiger partial charge in [-0.2, -0.15) is 0 Å². The molecule has 0 saturated carbocycles. The Balaban J connectivity index is 0.790. The Morgan fingerprint density at radius 3 is 1.04 bits per heavy atom. The zero-order valence-corrected chi connectivity index (χ0v) is 25.6. The minimum absolute atomic E-state index is 0.210. The molecule has 0 bridgehead atoms. The van der Waals surface area contributed by atoms with Crippen LogP contribution in [0.3, 0.4) is 0 Å². The Labute approximate surface area is 263 Å². The quantitative estimate of drug-likeness (QED) is 0.124. The fraction of sp³-hybridized carbons (Fsp3) is 0.351. The van der Waals surface area contributed by atoms with E-state index in [1.807, 2.05) is 48.5 Å². The van der Waals surface area contributed by atoms with E-state index in [4.69, 9.17) is 0 Å². The molecule has 2 aliphatic heterocycles. The maximum Gasteiger partial charge on any atom is 0.261 e. The van der Waals surface area contributed by atoms with Gasteiger partial charge in [0.25, 0.3) is 23.6 Å². The van der Waals surface area contributed by atoms with Crippen molar-refractivity contribution in [3.63, 3.8) is 0 Å². The summed E-state index contributed by atoms with van der Waals surface area (Å²) in [7, 11) is 0. The average Bonchev–Trinajstić information content (AvgIpc) is 3.06. The first-order valence-corrected chi connectivity index (χ1v) is 16.2. The molecule has 4 amide bonds. The molecule has 0 unspecified atom stereocenters. The van der Waals surface area contributed by atoms with Crippen LogP contribution >= 0.6 is 0 Å². The lowest BCUT2D eigenvalue weighted by Crippen LogP contribution is -2.43. The second-order valence-corrected chi connectivity index (χ2v) is 11.9. The summed E-state index contributed by atoms with van der Waals surface area (Å²) in [4.78, 5) is 54.7. The Hall–Kier alpha value is -4.40. The summed E-state index contributed by atoms with van der Waals surface area (Å²) >= 11 is 0. The molecular weight excluding hydrogens is 564 g/mol. The topological polar surface area (TPSA) is 98.8 Å². The molecule has 0 saturated heterocycles. The number of rotatable bonds is 16. The van der Waals surface area contributed by atoms with Crippen molar-refractivity contribution in [3.05, 3.63) is 95.1 Å². The molecule has 2 heterocycles. The van der Waals surface area contributed by atoms with Crippen molar-refractivity contribution in [2.24, 2.45) is 0 Å². The van der Waals surface area contributed by atoms with Gasteiger partial charge in [0.05, 0.1) is 0 Å². The minimum atomic E-state index is -0.210. The number of unbranched alkanes of at least 4 members (excludes halogenated alkanes) is 6. The van der Waals surface area contributed by atoms with Crippen molar-refractivity contribution in [1.29, 1.82) is 0 Å². The lowest BCUT2D eigenvalue weighted by Gasteiger charge is -2.27. The summed E-state index contributed by atoms with van der Waals surface area (Å²) in [6.07, 6.45) is 8.01. The van der Waals surface area contributed by atoms with E-state index in [2.05, 4.69) is 10.6 Å². The van der Waals surface area contributed by atoms with E-state index in [9.17, 15) is 19.2 Å². The van der Waals surface area contributed by atoms with Gasteiger partial charge >= 0.3 is 0 Å². The third-order valence-electron chi connectivity index (χ3n) is 8.94. The molecular formula is C37H40N4O4. The Bertz CT molecular complexity index is 1520. The van der Waals surface area contributed by atoms with Crippen LogP contribution in [0.25, 0.3) is 21.5 Å². The molecule has 45 heavy (non-hydrogen) atoms. The third kappa shape index (κ3) is 6.39. The Morgan fingerprint density at radius 1 is 0.400 bits per heavy atom. The standard InChI is InChI=1S/C37H40N4O4/c42-34-28-16-8-12-26-13-9-17-29(32(26)28)35(43)40(34)24-22-38-20-6-4-2-1-3-5-7-21-39-23-25-41-36(44)30-18-10-14-27-15-11-19-31(33(27)30)37(41)45/h8-19,38-39H,1-7,20-25H2. The summed E-state index contributed by atoms with van der Waals surface area (Å²) in [6.45, 7) is 3.65. The van der Waals surface area contributed by atoms with Crippen molar-refractivity contribution in [2.45, 2.75) is 44.9 Å². The molecule has 6 rings (SSSR count). The second kappa shape index (κ2) is 14.1. The first kappa shape index (κ1) is 30.6. The fourth-order valence-electron chi connectivity index (χ4n) is 6.58. The number of carbonyl (C=O) groups is 4. The van der Waals surface area contributed by atoms with E-state index in [0.717, 1.165) is 60.3 Å². The maximum atomic E-state index is 13.0. The Morgan fingerprint density at radius 2 is 0.711 bits per heavy atom. The predicted molar refractivity (Wildman–Crippen MR) is 177 cm³/mol. The van der Waals surface area contributed by atoms with Crippen LogP contribution in [0.2, 0.25) is 0 Å². The molecule has 8 heteroatoms. The summed E-state index contributed by atoms with van der Waals surface area (Å²) < 4.78 is 0. The van der Waals surface area contributed by atoms with Crippen LogP contribution in [-0.4, -0.2) is 72.7 Å². The molecule has 0 atom stereocenters. The molecule has 0 fully saturated rings. The number of hydrogen-bond donors (Lipinski definition) is 2. The molecule has 8 nitrogen and oxygen atoms in total. The van der Waals surface area contributed by atoms with Gasteiger partial charge in [-0.25, -0.2) is 0 Å². The highest BCUT2D eigenvalue weighted by molar-refractivity contribution is 6.26. The molecule has 2 aliphatic rings. The SMILES string of the molecule is O=C1c2cccc3cccc(c23)C(=O)N1CCNCCCCCCCCCNCCN1C(=O)c2cccc3cccc(c23)C1=O. The molecule has 0 radical (unpaired) electrons. The highest BCUT2D eigenvalue weighted by Gasteiger charge is 2.33. The molecule has 4 aromatic carbocycles. The Kier molecular flexibility index (Phi) is 9.62. The highest BCUT2D eigenvalue weighted by Crippen LogP contribution is 2.31. The number of nitrogens with one attached hydrogen (secondary N) is 2. The number of amides is 4. The summed E-state index contributed by atoms with van der Waals surface area (Å²) in [6, 6.07) is 22.4. The van der Waals surface area contributed by atoms with Crippen molar-refractivity contribution >= 4 is 45.2 Å². The number of hydrogen-bond acceptors (Lipinski definition) is 6. The maximum absolute atomic E-state index is 13.0. The fourth-order valence-corrected chi connectivity index (χ4v) is 6.58. The van der Waals surface area contributed by atoms with E-state index in [1.165, 1.54) is 29.1 Å². The van der Waals surface area contributed by atoms with Crippen LogP contribution < -0.4 is 10.6 Å². The van der Waals surface area contributed by atoms with Crippen molar-refractivity contribution in [3.8, 4) is 0 Å². The smallest absolute Gasteiger partial charge is 0.261 e. The lowest BCUT2D eigenvalue weighted by atomic mass is 9.94. The van der Waals surface area contributed by atoms with Gasteiger partial charge in [-0.15, -0.1) is 0 Å². The molecule has 232 valence electrons. The van der Waals surface area contributed by atoms with Gasteiger partial charge in [0.15, 0.2) is 0 Å². The van der Waals surface area contributed by atoms with Crippen molar-refractivity contribution in [2.75, 3.05) is 39.3 Å². The van der Waals surface area contributed by atoms with Gasteiger partial charge < -0.3 is 10.6 Å². The monoisotopic (exact) mass is 604 g/mol. The van der Waals surface area contributed by atoms with Crippen molar-refractivity contribution in [1.82, 2.24) is 20.4 Å². The predicted octanol–water partition coefficient (Wildman–Crippen LogP) is 5.80. The molecule has 0 aromatic heterocycles. The van der Waals surface area contributed by atoms with Crippen LogP contribution in [0.5, 0.6) is 0 Å². The average molecular weight is 605 g/mol. The van der Waals surface area contributed by atoms with Crippen molar-refractivity contribution < 1.29 is 19.2 Å². The number of nitrogens with zero attached hydrogens (tertiary/aromatic N) is 2. The minimum Gasteiger partial charge on any atom is -0.315 e. The number of imide groups is 2. The summed E-state index contributed by atoms with van der Waals surface area (Å²) in [5, 5.41) is 10.2. The number of carbonyl (C=O) groups excluding carboxylic acids is 4. The van der Waals surface area contributed by atoms with Gasteiger partial charge in [-0.3, -0.25) is 29.0 Å². The van der Waals surface area contributed by atoms with E-state index in [1.54, 1.807) is 24.3 Å². The van der Waals surface area contributed by atoms with Crippen LogP contribution in [0, 0.1) is 0 Å². The third-order valence-corrected chi connectivity index (χ3v) is 8.94. The zero-order valence-electron chi connectivity index (χ0n) is 25.6. The van der Waals surface area contributed by atoms with Gasteiger partial charge in [-0.05, 0) is 61.0 Å². The van der Waals surface area contributed by atoms with Crippen LogP contribution in [0.15, 0.2) is 72.8 Å². The molecule has 4 aromatic rings. The van der Waals surface area contributed by atoms with E-state index in [0.29, 0.717) is 48.4 Å². The zero-order chi connectivity index (χ0) is 31.2. The lowest BCUT2D eigenvalue weighted by molar-refractivity contribution is 0.0596. The second-order valence-electron chi connectivity index (χ2n) is 11.9. The van der Waals surface area contributed by atoms with E-state index >= 15 is 0 Å². The van der Waals surface area contributed by atoms with Gasteiger partial charge in [0.1, 0.15) is 0 Å². The first-order valence-electron chi connectivity index (χ1n) is 16.2. The summed E-state index contributed by atoms with van der Waals surface area (Å²) in [5.74, 6) is -0.842. The van der Waals surface area contributed by atoms with Gasteiger partial charge in [0.2, 0.25) is 0 Å². The van der Waals surface area contributed by atoms with Crippen LogP contribution in [-0.2, 0) is 0 Å². The van der Waals surface area contributed by atoms with Crippen LogP contribution in [0.1, 0.15) is 86.4 Å². The molecule has 0 spiro atoms. The highest BCUT2D eigenvalue weighted by atomic mass is 16.2. The van der Waals surface area contributed by atoms with E-state index < -0.39 is 0 Å².